The Hall–Kier alpha value is -0.590. The largest absolute Gasteiger partial charge is 0.385 e. The Balaban J connectivity index is 0.00000180. The van der Waals surface area contributed by atoms with Gasteiger partial charge in [-0.05, 0) is 17.9 Å². The van der Waals surface area contributed by atoms with Crippen molar-refractivity contribution in [3.05, 3.63) is 42.5 Å². The van der Waals surface area contributed by atoms with E-state index in [-0.39, 0.29) is 35.3 Å². The quantitative estimate of drug-likeness (QED) is 0.502. The molecule has 1 radical (unpaired) electrons. The normalized spacial score (nSPS) is 11.0. The van der Waals surface area contributed by atoms with Gasteiger partial charge < -0.3 is 5.32 Å². The maximum Gasteiger partial charge on any atom is 0.264 e. The van der Waals surface area contributed by atoms with Gasteiger partial charge in [0, 0.05) is 47.2 Å². The summed E-state index contributed by atoms with van der Waals surface area (Å²) in [4.78, 5) is 0. The summed E-state index contributed by atoms with van der Waals surface area (Å²) in [7, 11) is -3.86. The number of benzene rings is 2. The van der Waals surface area contributed by atoms with Gasteiger partial charge in [0.25, 0.3) is 10.1 Å². The number of nitrogens with one attached hydrogen (secondary N) is 1. The fourth-order valence-corrected chi connectivity index (χ4v) is 2.37. The molecule has 0 spiro atoms. The van der Waals surface area contributed by atoms with Crippen LogP contribution in [0.4, 0.5) is 5.69 Å². The van der Waals surface area contributed by atoms with Crippen LogP contribution in [0.2, 0.25) is 0 Å². The second kappa shape index (κ2) is 7.26. The Kier molecular flexibility index (Phi) is 6.29. The molecule has 6 heteroatoms. The van der Waals surface area contributed by atoms with Crippen molar-refractivity contribution in [1.82, 2.24) is 0 Å². The summed E-state index contributed by atoms with van der Waals surface area (Å²) in [5.74, 6) is -0.217. The molecule has 0 aliphatic heterocycles. The van der Waals surface area contributed by atoms with E-state index in [1.54, 1.807) is 0 Å². The molecule has 2 aromatic carbocycles. The van der Waals surface area contributed by atoms with Crippen molar-refractivity contribution >= 4 is 56.1 Å². The fourth-order valence-electron chi connectivity index (χ4n) is 1.86. The minimum absolute atomic E-state index is 0. The van der Waals surface area contributed by atoms with E-state index in [1.165, 1.54) is 0 Å². The van der Waals surface area contributed by atoms with E-state index in [0.29, 0.717) is 13.0 Å². The molecule has 2 rings (SSSR count). The third kappa shape index (κ3) is 5.12. The molecule has 0 saturated carbocycles. The molecule has 19 heavy (non-hydrogen) atoms. The van der Waals surface area contributed by atoms with Crippen LogP contribution in [0.5, 0.6) is 0 Å². The van der Waals surface area contributed by atoms with E-state index in [4.69, 9.17) is 4.55 Å². The maximum atomic E-state index is 10.6. The standard InChI is InChI=1S/C13H15NO3S.Na/c15-18(16,17)10-4-9-14-13-8-3-6-11-5-1-2-7-12(11)13;/h1-3,5-8,14H,4,9-10H2,(H,15,16,17);. The van der Waals surface area contributed by atoms with Gasteiger partial charge in [-0.2, -0.15) is 8.42 Å². The molecule has 0 aromatic heterocycles. The van der Waals surface area contributed by atoms with Crippen LogP contribution in [-0.2, 0) is 10.1 Å². The molecule has 0 atom stereocenters. The number of hydrogen-bond acceptors (Lipinski definition) is 3. The Bertz CT molecular complexity index is 638. The van der Waals surface area contributed by atoms with Gasteiger partial charge in [0.2, 0.25) is 0 Å². The zero-order chi connectivity index (χ0) is 13.0. The predicted octanol–water partition coefficient (Wildman–Crippen LogP) is 2.15. The Morgan fingerprint density at radius 3 is 2.47 bits per heavy atom. The van der Waals surface area contributed by atoms with Crippen LogP contribution in [0.3, 0.4) is 0 Å². The van der Waals surface area contributed by atoms with Crippen LogP contribution >= 0.6 is 0 Å². The minimum Gasteiger partial charge on any atom is -0.385 e. The van der Waals surface area contributed by atoms with Gasteiger partial charge in [-0.3, -0.25) is 4.55 Å². The third-order valence-electron chi connectivity index (χ3n) is 2.68. The van der Waals surface area contributed by atoms with Crippen LogP contribution in [0.1, 0.15) is 6.42 Å². The summed E-state index contributed by atoms with van der Waals surface area (Å²) in [6, 6.07) is 13.9. The van der Waals surface area contributed by atoms with Gasteiger partial charge >= 0.3 is 0 Å². The van der Waals surface area contributed by atoms with Gasteiger partial charge in [0.15, 0.2) is 0 Å². The number of rotatable bonds is 5. The van der Waals surface area contributed by atoms with Crippen LogP contribution in [0, 0.1) is 0 Å². The molecular weight excluding hydrogens is 273 g/mol. The average molecular weight is 288 g/mol. The molecule has 0 unspecified atom stereocenters. The minimum atomic E-state index is -3.86. The molecule has 0 amide bonds. The molecule has 0 saturated heterocycles. The van der Waals surface area contributed by atoms with Crippen molar-refractivity contribution < 1.29 is 13.0 Å². The molecule has 0 bridgehead atoms. The summed E-state index contributed by atoms with van der Waals surface area (Å²) in [6.45, 7) is 0.508. The average Bonchev–Trinajstić information content (AvgIpc) is 2.33. The SMILES string of the molecule is O=S(=O)(O)CCCNc1cccc2ccccc12.[Na]. The molecular formula is C13H15NNaO3S. The summed E-state index contributed by atoms with van der Waals surface area (Å²) in [5, 5.41) is 5.42. The van der Waals surface area contributed by atoms with E-state index in [1.807, 2.05) is 42.5 Å². The van der Waals surface area contributed by atoms with E-state index in [9.17, 15) is 8.42 Å². The van der Waals surface area contributed by atoms with Gasteiger partial charge in [-0.15, -0.1) is 0 Å². The first-order valence-corrected chi connectivity index (χ1v) is 7.34. The van der Waals surface area contributed by atoms with Gasteiger partial charge in [0.1, 0.15) is 0 Å². The van der Waals surface area contributed by atoms with Crippen LogP contribution < -0.4 is 5.32 Å². The first-order chi connectivity index (χ1) is 8.56. The molecule has 4 nitrogen and oxygen atoms in total. The van der Waals surface area contributed by atoms with E-state index in [0.717, 1.165) is 16.5 Å². The van der Waals surface area contributed by atoms with Gasteiger partial charge in [0.05, 0.1) is 5.75 Å². The van der Waals surface area contributed by atoms with Crippen molar-refractivity contribution in [1.29, 1.82) is 0 Å². The molecule has 0 fully saturated rings. The van der Waals surface area contributed by atoms with Crippen LogP contribution in [0.15, 0.2) is 42.5 Å². The van der Waals surface area contributed by atoms with Crippen molar-refractivity contribution in [3.63, 3.8) is 0 Å². The van der Waals surface area contributed by atoms with Crippen molar-refractivity contribution in [2.45, 2.75) is 6.42 Å². The fraction of sp³-hybridized carbons (Fsp3) is 0.231. The zero-order valence-corrected chi connectivity index (χ0v) is 13.7. The smallest absolute Gasteiger partial charge is 0.264 e. The monoisotopic (exact) mass is 288 g/mol. The van der Waals surface area contributed by atoms with Gasteiger partial charge in [-0.1, -0.05) is 36.4 Å². The van der Waals surface area contributed by atoms with E-state index in [2.05, 4.69) is 5.32 Å². The first kappa shape index (κ1) is 16.5. The Morgan fingerprint density at radius 1 is 1.05 bits per heavy atom. The molecule has 2 N–H and O–H groups in total. The third-order valence-corrected chi connectivity index (χ3v) is 3.49. The van der Waals surface area contributed by atoms with Crippen molar-refractivity contribution in [2.75, 3.05) is 17.6 Å². The summed E-state index contributed by atoms with van der Waals surface area (Å²) < 4.78 is 29.8. The van der Waals surface area contributed by atoms with Gasteiger partial charge in [-0.25, -0.2) is 0 Å². The molecule has 97 valence electrons. The molecule has 2 aromatic rings. The predicted molar refractivity (Wildman–Crippen MR) is 79.2 cm³/mol. The Labute approximate surface area is 135 Å². The molecule has 0 aliphatic rings. The zero-order valence-electron chi connectivity index (χ0n) is 10.8. The van der Waals surface area contributed by atoms with Crippen LogP contribution in [0.25, 0.3) is 10.8 Å². The van der Waals surface area contributed by atoms with Crippen LogP contribution in [-0.4, -0.2) is 54.8 Å². The van der Waals surface area contributed by atoms with Crippen molar-refractivity contribution in [2.24, 2.45) is 0 Å². The molecule has 0 aliphatic carbocycles. The summed E-state index contributed by atoms with van der Waals surface area (Å²) >= 11 is 0. The maximum absolute atomic E-state index is 10.6. The summed E-state index contributed by atoms with van der Waals surface area (Å²) in [5.41, 5.74) is 0.975. The van der Waals surface area contributed by atoms with Crippen molar-refractivity contribution in [3.8, 4) is 0 Å². The Morgan fingerprint density at radius 2 is 1.74 bits per heavy atom. The second-order valence-corrected chi connectivity index (χ2v) is 5.67. The second-order valence-electron chi connectivity index (χ2n) is 4.09. The summed E-state index contributed by atoms with van der Waals surface area (Å²) in [6.07, 6.45) is 0.377. The topological polar surface area (TPSA) is 66.4 Å². The molecule has 0 heterocycles. The number of fused-ring (bicyclic) bond motifs is 1. The first-order valence-electron chi connectivity index (χ1n) is 5.73. The van der Waals surface area contributed by atoms with E-state index < -0.39 is 10.1 Å². The number of hydrogen-bond donors (Lipinski definition) is 2. The van der Waals surface area contributed by atoms with E-state index >= 15 is 0 Å². The number of anilines is 1.